The fourth-order valence-corrected chi connectivity index (χ4v) is 2.92. The summed E-state index contributed by atoms with van der Waals surface area (Å²) in [4.78, 5) is 0. The van der Waals surface area contributed by atoms with E-state index in [4.69, 9.17) is 4.74 Å². The number of hydrogen-bond donors (Lipinski definition) is 2. The highest BCUT2D eigenvalue weighted by atomic mass is 79.9. The summed E-state index contributed by atoms with van der Waals surface area (Å²) < 4.78 is 20.1. The van der Waals surface area contributed by atoms with Gasteiger partial charge in [0, 0.05) is 11.0 Å². The summed E-state index contributed by atoms with van der Waals surface area (Å²) >= 11 is 3.30. The van der Waals surface area contributed by atoms with Crippen LogP contribution in [-0.2, 0) is 4.74 Å². The third kappa shape index (κ3) is 5.57. The summed E-state index contributed by atoms with van der Waals surface area (Å²) in [5.74, 6) is 0.462. The lowest BCUT2D eigenvalue weighted by atomic mass is 9.89. The summed E-state index contributed by atoms with van der Waals surface area (Å²) in [6.45, 7) is 2.83. The number of ether oxygens (including phenoxy) is 1. The molecule has 2 rings (SSSR count). The van der Waals surface area contributed by atoms with Crippen molar-refractivity contribution in [3.05, 3.63) is 28.5 Å². The van der Waals surface area contributed by atoms with E-state index in [1.807, 2.05) is 0 Å². The lowest BCUT2D eigenvalue weighted by Gasteiger charge is -2.27. The second-order valence-electron chi connectivity index (χ2n) is 5.87. The van der Waals surface area contributed by atoms with Crippen LogP contribution in [0, 0.1) is 11.7 Å². The molecule has 0 heterocycles. The predicted molar refractivity (Wildman–Crippen MR) is 86.0 cm³/mol. The van der Waals surface area contributed by atoms with Gasteiger partial charge in [-0.1, -0.05) is 22.9 Å². The summed E-state index contributed by atoms with van der Waals surface area (Å²) in [6.07, 6.45) is 4.16. The molecule has 1 saturated carbocycles. The smallest absolute Gasteiger partial charge is 0.146 e. The number of anilines is 1. The van der Waals surface area contributed by atoms with Crippen LogP contribution in [0.2, 0.25) is 0 Å². The molecule has 21 heavy (non-hydrogen) atoms. The number of aliphatic hydroxyl groups excluding tert-OH is 1. The van der Waals surface area contributed by atoms with Crippen LogP contribution in [0.4, 0.5) is 10.1 Å². The van der Waals surface area contributed by atoms with Crippen molar-refractivity contribution >= 4 is 21.6 Å². The number of halogens is 2. The predicted octanol–water partition coefficient (Wildman–Crippen LogP) is 3.96. The maximum Gasteiger partial charge on any atom is 0.146 e. The van der Waals surface area contributed by atoms with Crippen LogP contribution in [0.1, 0.15) is 32.6 Å². The van der Waals surface area contributed by atoms with Gasteiger partial charge in [-0.2, -0.15) is 0 Å². The molecule has 0 radical (unpaired) electrons. The zero-order valence-corrected chi connectivity index (χ0v) is 13.9. The Hall–Kier alpha value is -0.650. The third-order valence-electron chi connectivity index (χ3n) is 3.94. The van der Waals surface area contributed by atoms with Gasteiger partial charge in [-0.25, -0.2) is 4.39 Å². The molecule has 1 atom stereocenters. The second kappa shape index (κ2) is 8.11. The summed E-state index contributed by atoms with van der Waals surface area (Å²) in [6, 6.07) is 4.69. The Morgan fingerprint density at radius 2 is 2.10 bits per heavy atom. The van der Waals surface area contributed by atoms with E-state index in [1.54, 1.807) is 12.1 Å². The molecule has 0 spiro atoms. The van der Waals surface area contributed by atoms with Crippen molar-refractivity contribution in [1.29, 1.82) is 0 Å². The molecule has 3 nitrogen and oxygen atoms in total. The number of rotatable bonds is 6. The Kier molecular flexibility index (Phi) is 6.45. The van der Waals surface area contributed by atoms with Crippen LogP contribution in [-0.4, -0.2) is 30.5 Å². The number of hydrogen-bond acceptors (Lipinski definition) is 3. The van der Waals surface area contributed by atoms with Crippen molar-refractivity contribution in [2.24, 2.45) is 5.92 Å². The molecule has 0 amide bonds. The maximum atomic E-state index is 13.5. The topological polar surface area (TPSA) is 41.5 Å². The zero-order valence-electron chi connectivity index (χ0n) is 12.3. The van der Waals surface area contributed by atoms with Crippen LogP contribution in [0.5, 0.6) is 0 Å². The molecule has 1 aliphatic rings. The van der Waals surface area contributed by atoms with Crippen molar-refractivity contribution in [1.82, 2.24) is 0 Å². The molecule has 0 bridgehead atoms. The fourth-order valence-electron chi connectivity index (χ4n) is 2.56. The van der Waals surface area contributed by atoms with Crippen molar-refractivity contribution in [3.63, 3.8) is 0 Å². The monoisotopic (exact) mass is 359 g/mol. The van der Waals surface area contributed by atoms with Gasteiger partial charge in [0.05, 0.1) is 24.5 Å². The summed E-state index contributed by atoms with van der Waals surface area (Å²) in [5.41, 5.74) is 0.384. The van der Waals surface area contributed by atoms with Gasteiger partial charge < -0.3 is 15.2 Å². The fraction of sp³-hybridized carbons (Fsp3) is 0.625. The Morgan fingerprint density at radius 3 is 2.81 bits per heavy atom. The van der Waals surface area contributed by atoms with E-state index in [1.165, 1.54) is 18.9 Å². The molecule has 2 N–H and O–H groups in total. The molecule has 1 aromatic rings. The number of aliphatic hydroxyl groups is 1. The van der Waals surface area contributed by atoms with Crippen LogP contribution in [0.3, 0.4) is 0 Å². The van der Waals surface area contributed by atoms with Gasteiger partial charge in [-0.15, -0.1) is 0 Å². The van der Waals surface area contributed by atoms with Crippen LogP contribution >= 0.6 is 15.9 Å². The lowest BCUT2D eigenvalue weighted by Crippen LogP contribution is -2.29. The molecular formula is C16H23BrFNO2. The van der Waals surface area contributed by atoms with Gasteiger partial charge in [0.15, 0.2) is 0 Å². The minimum atomic E-state index is -0.636. The van der Waals surface area contributed by atoms with Crippen molar-refractivity contribution in [3.8, 4) is 0 Å². The third-order valence-corrected chi connectivity index (χ3v) is 4.44. The molecule has 1 unspecified atom stereocenters. The first-order valence-electron chi connectivity index (χ1n) is 7.53. The molecule has 118 valence electrons. The minimum absolute atomic E-state index is 0.262. The van der Waals surface area contributed by atoms with Crippen molar-refractivity contribution in [2.75, 3.05) is 18.5 Å². The Balaban J connectivity index is 1.70. The first-order chi connectivity index (χ1) is 10.0. The highest BCUT2D eigenvalue weighted by Crippen LogP contribution is 2.25. The standard InChI is InChI=1S/C16H23BrFNO2/c1-11-2-5-14(6-3-11)21-10-13(20)9-19-16-8-12(17)4-7-15(16)18/h4,7-8,11,13-14,19-20H,2-3,5-6,9-10H2,1H3. The highest BCUT2D eigenvalue weighted by molar-refractivity contribution is 9.10. The van der Waals surface area contributed by atoms with Gasteiger partial charge in [0.25, 0.3) is 0 Å². The van der Waals surface area contributed by atoms with Crippen LogP contribution < -0.4 is 5.32 Å². The van der Waals surface area contributed by atoms with Gasteiger partial charge in [0.1, 0.15) is 5.82 Å². The normalized spacial score (nSPS) is 23.8. The molecule has 5 heteroatoms. The maximum absolute atomic E-state index is 13.5. The quantitative estimate of drug-likeness (QED) is 0.807. The molecule has 1 aliphatic carbocycles. The van der Waals surface area contributed by atoms with E-state index >= 15 is 0 Å². The van der Waals surface area contributed by atoms with Crippen molar-refractivity contribution < 1.29 is 14.2 Å². The Morgan fingerprint density at radius 1 is 1.38 bits per heavy atom. The summed E-state index contributed by atoms with van der Waals surface area (Å²) in [7, 11) is 0. The highest BCUT2D eigenvalue weighted by Gasteiger charge is 2.19. The van der Waals surface area contributed by atoms with Gasteiger partial charge >= 0.3 is 0 Å². The van der Waals surface area contributed by atoms with E-state index < -0.39 is 6.10 Å². The molecule has 0 saturated heterocycles. The van der Waals surface area contributed by atoms with E-state index in [0.29, 0.717) is 12.3 Å². The van der Waals surface area contributed by atoms with Crippen molar-refractivity contribution in [2.45, 2.75) is 44.8 Å². The first-order valence-corrected chi connectivity index (χ1v) is 8.32. The zero-order chi connectivity index (χ0) is 15.2. The minimum Gasteiger partial charge on any atom is -0.389 e. The first kappa shape index (κ1) is 16.7. The molecule has 0 aromatic heterocycles. The largest absolute Gasteiger partial charge is 0.389 e. The van der Waals surface area contributed by atoms with Crippen LogP contribution in [0.25, 0.3) is 0 Å². The SMILES string of the molecule is CC1CCC(OCC(O)CNc2cc(Br)ccc2F)CC1. The number of nitrogens with one attached hydrogen (secondary N) is 1. The van der Waals surface area contributed by atoms with Gasteiger partial charge in [-0.3, -0.25) is 0 Å². The van der Waals surface area contributed by atoms with E-state index in [2.05, 4.69) is 28.2 Å². The average molecular weight is 360 g/mol. The van der Waals surface area contributed by atoms with Gasteiger partial charge in [0.2, 0.25) is 0 Å². The molecular weight excluding hydrogens is 337 g/mol. The van der Waals surface area contributed by atoms with E-state index in [0.717, 1.165) is 23.2 Å². The number of benzene rings is 1. The Labute approximate surface area is 134 Å². The van der Waals surface area contributed by atoms with E-state index in [9.17, 15) is 9.50 Å². The molecule has 1 fully saturated rings. The Bertz CT molecular complexity index is 450. The lowest BCUT2D eigenvalue weighted by molar-refractivity contribution is -0.0245. The summed E-state index contributed by atoms with van der Waals surface area (Å²) in [5, 5.41) is 12.8. The second-order valence-corrected chi connectivity index (χ2v) is 6.79. The average Bonchev–Trinajstić information content (AvgIpc) is 2.47. The molecule has 1 aromatic carbocycles. The molecule has 0 aliphatic heterocycles. The van der Waals surface area contributed by atoms with Crippen LogP contribution in [0.15, 0.2) is 22.7 Å². The van der Waals surface area contributed by atoms with Gasteiger partial charge in [-0.05, 0) is 49.8 Å². The van der Waals surface area contributed by atoms with E-state index in [-0.39, 0.29) is 18.5 Å².